The lowest BCUT2D eigenvalue weighted by atomic mass is 10.3. The number of carbonyl (C=O) groups is 1. The Labute approximate surface area is 116 Å². The summed E-state index contributed by atoms with van der Waals surface area (Å²) in [4.78, 5) is 11.2. The van der Waals surface area contributed by atoms with E-state index in [9.17, 15) is 31.1 Å². The first-order chi connectivity index (χ1) is 9.55. The van der Waals surface area contributed by atoms with Crippen molar-refractivity contribution in [3.63, 3.8) is 0 Å². The zero-order chi connectivity index (χ0) is 16.3. The molecule has 0 saturated heterocycles. The van der Waals surface area contributed by atoms with E-state index in [2.05, 4.69) is 0 Å². The molecule has 0 N–H and O–H groups in total. The minimum absolute atomic E-state index is 0.0680. The van der Waals surface area contributed by atoms with Gasteiger partial charge in [0.25, 0.3) is 0 Å². The first-order valence-corrected chi connectivity index (χ1v) is 5.64. The van der Waals surface area contributed by atoms with E-state index < -0.39 is 30.4 Å². The number of hydrogen-bond donors (Lipinski definition) is 0. The molecule has 0 radical (unpaired) electrons. The fourth-order valence-corrected chi connectivity index (χ4v) is 1.32. The first kappa shape index (κ1) is 17.1. The summed E-state index contributed by atoms with van der Waals surface area (Å²) in [5, 5.41) is 0. The highest BCUT2D eigenvalue weighted by atomic mass is 19.4. The van der Waals surface area contributed by atoms with Crippen molar-refractivity contribution in [2.45, 2.75) is 12.1 Å². The van der Waals surface area contributed by atoms with E-state index in [-0.39, 0.29) is 17.3 Å². The SMILES string of the molecule is CN(CCOc1cccc(F)c1)C(=O)C(F)(F)C(F)(F)F. The molecule has 0 aliphatic heterocycles. The lowest BCUT2D eigenvalue weighted by Crippen LogP contribution is -2.51. The van der Waals surface area contributed by atoms with Crippen LogP contribution in [-0.2, 0) is 4.79 Å². The zero-order valence-corrected chi connectivity index (χ0v) is 10.8. The van der Waals surface area contributed by atoms with Gasteiger partial charge in [-0.25, -0.2) is 4.39 Å². The van der Waals surface area contributed by atoms with Gasteiger partial charge in [-0.1, -0.05) is 6.07 Å². The summed E-state index contributed by atoms with van der Waals surface area (Å²) in [7, 11) is 0.789. The van der Waals surface area contributed by atoms with Crippen molar-refractivity contribution >= 4 is 5.91 Å². The number of nitrogens with zero attached hydrogens (tertiary/aromatic N) is 1. The average Bonchev–Trinajstić information content (AvgIpc) is 2.36. The van der Waals surface area contributed by atoms with Gasteiger partial charge in [-0.2, -0.15) is 22.0 Å². The molecule has 3 nitrogen and oxygen atoms in total. The Kier molecular flexibility index (Phi) is 5.08. The summed E-state index contributed by atoms with van der Waals surface area (Å²) in [6.07, 6.45) is -5.96. The van der Waals surface area contributed by atoms with Gasteiger partial charge in [0.15, 0.2) is 0 Å². The molecule has 0 unspecified atom stereocenters. The van der Waals surface area contributed by atoms with Crippen LogP contribution in [0.5, 0.6) is 5.75 Å². The highest BCUT2D eigenvalue weighted by molar-refractivity contribution is 5.84. The molecule has 0 aromatic heterocycles. The molecule has 0 fully saturated rings. The summed E-state index contributed by atoms with van der Waals surface area (Å²) < 4.78 is 79.3. The topological polar surface area (TPSA) is 29.5 Å². The molecule has 1 rings (SSSR count). The Morgan fingerprint density at radius 1 is 1.24 bits per heavy atom. The molecule has 1 amide bonds. The fraction of sp³-hybridized carbons (Fsp3) is 0.417. The van der Waals surface area contributed by atoms with Crippen LogP contribution in [0, 0.1) is 5.82 Å². The van der Waals surface area contributed by atoms with Gasteiger partial charge in [-0.3, -0.25) is 4.79 Å². The maximum Gasteiger partial charge on any atom is 0.463 e. The maximum absolute atomic E-state index is 12.8. The number of likely N-dealkylation sites (N-methyl/N-ethyl adjacent to an activating group) is 1. The summed E-state index contributed by atoms with van der Waals surface area (Å²) in [6, 6.07) is 4.85. The van der Waals surface area contributed by atoms with Crippen molar-refractivity contribution in [3.8, 4) is 5.75 Å². The molecule has 0 atom stereocenters. The predicted molar refractivity (Wildman–Crippen MR) is 60.5 cm³/mol. The number of halogens is 6. The van der Waals surface area contributed by atoms with Crippen LogP contribution in [0.1, 0.15) is 0 Å². The number of benzene rings is 1. The molecule has 0 heterocycles. The van der Waals surface area contributed by atoms with Gasteiger partial charge < -0.3 is 9.64 Å². The largest absolute Gasteiger partial charge is 0.492 e. The third kappa shape index (κ3) is 4.27. The monoisotopic (exact) mass is 315 g/mol. The van der Waals surface area contributed by atoms with E-state index in [1.165, 1.54) is 12.1 Å². The minimum Gasteiger partial charge on any atom is -0.492 e. The molecule has 0 aliphatic carbocycles. The number of amides is 1. The molecule has 0 bridgehead atoms. The van der Waals surface area contributed by atoms with Crippen LogP contribution in [0.4, 0.5) is 26.3 Å². The Bertz CT molecular complexity index is 503. The molecule has 21 heavy (non-hydrogen) atoms. The van der Waals surface area contributed by atoms with Gasteiger partial charge in [0, 0.05) is 13.1 Å². The first-order valence-electron chi connectivity index (χ1n) is 5.64. The molecular formula is C12H11F6NO2. The Hall–Kier alpha value is -1.93. The maximum atomic E-state index is 12.8. The summed E-state index contributed by atoms with van der Waals surface area (Å²) in [5.74, 6) is -8.36. The van der Waals surface area contributed by atoms with Gasteiger partial charge in [-0.15, -0.1) is 0 Å². The second kappa shape index (κ2) is 6.23. The average molecular weight is 315 g/mol. The van der Waals surface area contributed by atoms with E-state index in [0.717, 1.165) is 19.2 Å². The quantitative estimate of drug-likeness (QED) is 0.782. The summed E-state index contributed by atoms with van der Waals surface area (Å²) in [6.45, 7) is -0.874. The molecule has 1 aromatic carbocycles. The van der Waals surface area contributed by atoms with Crippen LogP contribution in [0.25, 0.3) is 0 Å². The Balaban J connectivity index is 2.54. The van der Waals surface area contributed by atoms with Crippen molar-refractivity contribution in [3.05, 3.63) is 30.1 Å². The van der Waals surface area contributed by atoms with Gasteiger partial charge >= 0.3 is 18.0 Å². The van der Waals surface area contributed by atoms with Crippen molar-refractivity contribution in [1.82, 2.24) is 4.90 Å². The zero-order valence-electron chi connectivity index (χ0n) is 10.8. The van der Waals surface area contributed by atoms with Gasteiger partial charge in [0.05, 0.1) is 6.54 Å². The molecule has 9 heteroatoms. The van der Waals surface area contributed by atoms with Crippen molar-refractivity contribution in [1.29, 1.82) is 0 Å². The van der Waals surface area contributed by atoms with Crippen molar-refractivity contribution in [2.75, 3.05) is 20.2 Å². The molecular weight excluding hydrogens is 304 g/mol. The van der Waals surface area contributed by atoms with Crippen molar-refractivity contribution < 1.29 is 35.9 Å². The normalized spacial score (nSPS) is 12.1. The van der Waals surface area contributed by atoms with Gasteiger partial charge in [0.1, 0.15) is 18.2 Å². The van der Waals surface area contributed by atoms with E-state index in [1.54, 1.807) is 0 Å². The summed E-state index contributed by atoms with van der Waals surface area (Å²) in [5.41, 5.74) is 0. The third-order valence-corrected chi connectivity index (χ3v) is 2.46. The van der Waals surface area contributed by atoms with E-state index in [1.807, 2.05) is 0 Å². The van der Waals surface area contributed by atoms with Crippen LogP contribution < -0.4 is 4.74 Å². The number of ether oxygens (including phenoxy) is 1. The molecule has 0 spiro atoms. The molecule has 118 valence electrons. The molecule has 1 aromatic rings. The van der Waals surface area contributed by atoms with E-state index in [0.29, 0.717) is 0 Å². The van der Waals surface area contributed by atoms with Crippen molar-refractivity contribution in [2.24, 2.45) is 0 Å². The minimum atomic E-state index is -5.96. The van der Waals surface area contributed by atoms with Gasteiger partial charge in [-0.05, 0) is 12.1 Å². The number of hydrogen-bond acceptors (Lipinski definition) is 2. The third-order valence-electron chi connectivity index (χ3n) is 2.46. The standard InChI is InChI=1S/C12H11F6NO2/c1-19(10(20)11(14,15)12(16,17)18)5-6-21-9-4-2-3-8(13)7-9/h2-4,7H,5-6H2,1H3. The second-order valence-corrected chi connectivity index (χ2v) is 4.10. The van der Waals surface area contributed by atoms with E-state index in [4.69, 9.17) is 4.74 Å². The number of carbonyl (C=O) groups excluding carboxylic acids is 1. The molecule has 0 saturated carbocycles. The lowest BCUT2D eigenvalue weighted by Gasteiger charge is -2.24. The van der Waals surface area contributed by atoms with E-state index >= 15 is 0 Å². The van der Waals surface area contributed by atoms with Crippen LogP contribution in [0.2, 0.25) is 0 Å². The van der Waals surface area contributed by atoms with Gasteiger partial charge in [0.2, 0.25) is 0 Å². The smallest absolute Gasteiger partial charge is 0.463 e. The highest BCUT2D eigenvalue weighted by Crippen LogP contribution is 2.36. The van der Waals surface area contributed by atoms with Crippen LogP contribution >= 0.6 is 0 Å². The predicted octanol–water partition coefficient (Wildman–Crippen LogP) is 2.86. The number of rotatable bonds is 5. The second-order valence-electron chi connectivity index (χ2n) is 4.10. The Morgan fingerprint density at radius 3 is 2.38 bits per heavy atom. The highest BCUT2D eigenvalue weighted by Gasteiger charge is 2.64. The lowest BCUT2D eigenvalue weighted by molar-refractivity contribution is -0.274. The van der Waals surface area contributed by atoms with Crippen LogP contribution in [-0.4, -0.2) is 43.1 Å². The summed E-state index contributed by atoms with van der Waals surface area (Å²) >= 11 is 0. The fourth-order valence-electron chi connectivity index (χ4n) is 1.32. The number of alkyl halides is 5. The Morgan fingerprint density at radius 2 is 1.86 bits per heavy atom. The van der Waals surface area contributed by atoms with Crippen LogP contribution in [0.15, 0.2) is 24.3 Å². The van der Waals surface area contributed by atoms with Crippen LogP contribution in [0.3, 0.4) is 0 Å². The molecule has 0 aliphatic rings.